The van der Waals surface area contributed by atoms with Crippen LogP contribution in [0.4, 0.5) is 0 Å². The average Bonchev–Trinajstić information content (AvgIpc) is 3.48. The van der Waals surface area contributed by atoms with Crippen molar-refractivity contribution in [1.29, 1.82) is 0 Å². The number of nitrogens with zero attached hydrogens (tertiary/aromatic N) is 2. The van der Waals surface area contributed by atoms with E-state index in [9.17, 15) is 19.5 Å². The molecule has 2 aromatic rings. The largest absolute Gasteiger partial charge is 0.394 e. The third-order valence-corrected chi connectivity index (χ3v) is 7.40. The predicted octanol–water partition coefficient (Wildman–Crippen LogP) is 1.63. The van der Waals surface area contributed by atoms with E-state index >= 15 is 0 Å². The minimum absolute atomic E-state index is 0.0158. The number of thiazole rings is 1. The summed E-state index contributed by atoms with van der Waals surface area (Å²) < 4.78 is 5.14. The van der Waals surface area contributed by atoms with Gasteiger partial charge >= 0.3 is 0 Å². The number of ether oxygens (including phenoxy) is 1. The summed E-state index contributed by atoms with van der Waals surface area (Å²) in [6.45, 7) is 7.87. The number of amides is 3. The van der Waals surface area contributed by atoms with Crippen molar-refractivity contribution in [3.05, 3.63) is 41.0 Å². The Hall–Kier alpha value is -2.86. The maximum atomic E-state index is 13.6. The zero-order valence-corrected chi connectivity index (χ0v) is 23.2. The molecule has 1 aliphatic rings. The quantitative estimate of drug-likeness (QED) is 0.314. The molecule has 10 nitrogen and oxygen atoms in total. The van der Waals surface area contributed by atoms with E-state index in [1.54, 1.807) is 11.3 Å². The number of aliphatic hydroxyl groups excluding tert-OH is 2. The molecule has 0 saturated carbocycles. The van der Waals surface area contributed by atoms with Gasteiger partial charge in [-0.3, -0.25) is 14.4 Å². The number of likely N-dealkylation sites (tertiary alicyclic amines) is 1. The van der Waals surface area contributed by atoms with Gasteiger partial charge in [0.2, 0.25) is 17.7 Å². The molecule has 3 rings (SSSR count). The van der Waals surface area contributed by atoms with Gasteiger partial charge in [-0.2, -0.15) is 0 Å². The van der Waals surface area contributed by atoms with Gasteiger partial charge in [-0.1, -0.05) is 45.0 Å². The first-order valence-electron chi connectivity index (χ1n) is 12.7. The lowest BCUT2D eigenvalue weighted by Crippen LogP contribution is -2.57. The minimum atomic E-state index is -0.892. The SMILES string of the molecule is Cc1ncsc1-c1ccc(CNC(=O)C2CC(O)CN2C(=O)C(NC(=O)CCOCCO)C(C)(C)C)cc1. The lowest BCUT2D eigenvalue weighted by atomic mass is 9.85. The molecule has 38 heavy (non-hydrogen) atoms. The molecule has 208 valence electrons. The standard InChI is InChI=1S/C27H38N4O6S/c1-17-23(38-16-29-17)19-7-5-18(6-8-19)14-28-25(35)21-13-20(33)15-31(21)26(36)24(27(2,3)4)30-22(34)9-11-37-12-10-32/h5-8,16,20-21,24,32-33H,9-15H2,1-4H3,(H,28,35)(H,30,34). The molecule has 0 bridgehead atoms. The Morgan fingerprint density at radius 2 is 1.92 bits per heavy atom. The number of aromatic nitrogens is 1. The number of β-amino-alcohol motifs (C(OH)–C–C–N with tert-alkyl or cyclic N) is 1. The highest BCUT2D eigenvalue weighted by molar-refractivity contribution is 7.13. The van der Waals surface area contributed by atoms with E-state index in [2.05, 4.69) is 15.6 Å². The summed E-state index contributed by atoms with van der Waals surface area (Å²) in [6.07, 6.45) is -0.672. The Balaban J connectivity index is 1.63. The third-order valence-electron chi connectivity index (χ3n) is 6.42. The Morgan fingerprint density at radius 3 is 2.53 bits per heavy atom. The molecule has 0 aliphatic carbocycles. The summed E-state index contributed by atoms with van der Waals surface area (Å²) in [6, 6.07) is 6.13. The molecule has 3 amide bonds. The molecule has 0 spiro atoms. The van der Waals surface area contributed by atoms with E-state index in [1.807, 2.05) is 57.5 Å². The Kier molecular flexibility index (Phi) is 10.4. The van der Waals surface area contributed by atoms with Crippen LogP contribution in [0.1, 0.15) is 44.9 Å². The molecule has 0 radical (unpaired) electrons. The van der Waals surface area contributed by atoms with Crippen LogP contribution in [0.25, 0.3) is 10.4 Å². The molecular formula is C27H38N4O6S. The fourth-order valence-corrected chi connectivity index (χ4v) is 5.16. The molecule has 1 fully saturated rings. The highest BCUT2D eigenvalue weighted by Crippen LogP contribution is 2.28. The normalized spacial score (nSPS) is 18.3. The van der Waals surface area contributed by atoms with Gasteiger partial charge in [0.05, 0.1) is 42.0 Å². The molecule has 3 unspecified atom stereocenters. The van der Waals surface area contributed by atoms with E-state index in [-0.39, 0.29) is 57.6 Å². The summed E-state index contributed by atoms with van der Waals surface area (Å²) in [5.41, 5.74) is 4.12. The maximum absolute atomic E-state index is 13.6. The molecule has 3 atom stereocenters. The second-order valence-electron chi connectivity index (χ2n) is 10.5. The van der Waals surface area contributed by atoms with E-state index in [0.717, 1.165) is 21.7 Å². The predicted molar refractivity (Wildman–Crippen MR) is 144 cm³/mol. The number of hydrogen-bond acceptors (Lipinski definition) is 8. The van der Waals surface area contributed by atoms with Gasteiger partial charge in [0.25, 0.3) is 0 Å². The lowest BCUT2D eigenvalue weighted by molar-refractivity contribution is -0.144. The topological polar surface area (TPSA) is 141 Å². The van der Waals surface area contributed by atoms with Crippen molar-refractivity contribution >= 4 is 29.1 Å². The molecule has 2 heterocycles. The van der Waals surface area contributed by atoms with Crippen molar-refractivity contribution < 1.29 is 29.3 Å². The number of carbonyl (C=O) groups is 3. The van der Waals surface area contributed by atoms with E-state index in [1.165, 1.54) is 4.90 Å². The number of aliphatic hydroxyl groups is 2. The number of carbonyl (C=O) groups excluding carboxylic acids is 3. The number of aryl methyl sites for hydroxylation is 1. The van der Waals surface area contributed by atoms with Gasteiger partial charge in [0, 0.05) is 25.9 Å². The molecule has 1 aromatic carbocycles. The van der Waals surface area contributed by atoms with Crippen LogP contribution in [-0.4, -0.2) is 82.4 Å². The number of rotatable bonds is 11. The fourth-order valence-electron chi connectivity index (χ4n) is 4.34. The lowest BCUT2D eigenvalue weighted by Gasteiger charge is -2.35. The maximum Gasteiger partial charge on any atom is 0.246 e. The number of hydrogen-bond donors (Lipinski definition) is 4. The highest BCUT2D eigenvalue weighted by Gasteiger charge is 2.44. The van der Waals surface area contributed by atoms with Crippen LogP contribution < -0.4 is 10.6 Å². The first-order valence-corrected chi connectivity index (χ1v) is 13.6. The summed E-state index contributed by atoms with van der Waals surface area (Å²) in [7, 11) is 0. The van der Waals surface area contributed by atoms with E-state index in [4.69, 9.17) is 9.84 Å². The second kappa shape index (κ2) is 13.3. The number of nitrogens with one attached hydrogen (secondary N) is 2. The van der Waals surface area contributed by atoms with Crippen LogP contribution in [0.15, 0.2) is 29.8 Å². The van der Waals surface area contributed by atoms with Gasteiger partial charge in [0.15, 0.2) is 0 Å². The monoisotopic (exact) mass is 546 g/mol. The third kappa shape index (κ3) is 7.83. The number of benzene rings is 1. The van der Waals surface area contributed by atoms with Crippen molar-refractivity contribution in [2.45, 2.75) is 65.3 Å². The highest BCUT2D eigenvalue weighted by atomic mass is 32.1. The smallest absolute Gasteiger partial charge is 0.246 e. The van der Waals surface area contributed by atoms with E-state index < -0.39 is 29.5 Å². The zero-order valence-electron chi connectivity index (χ0n) is 22.4. The zero-order chi connectivity index (χ0) is 27.9. The summed E-state index contributed by atoms with van der Waals surface area (Å²) in [5.74, 6) is -1.13. The van der Waals surface area contributed by atoms with Crippen molar-refractivity contribution in [3.8, 4) is 10.4 Å². The van der Waals surface area contributed by atoms with Gasteiger partial charge in [-0.05, 0) is 23.5 Å². The molecule has 1 aliphatic heterocycles. The molecule has 1 saturated heterocycles. The van der Waals surface area contributed by atoms with Crippen molar-refractivity contribution in [2.75, 3.05) is 26.4 Å². The van der Waals surface area contributed by atoms with Crippen LogP contribution in [0, 0.1) is 12.3 Å². The average molecular weight is 547 g/mol. The van der Waals surface area contributed by atoms with Crippen LogP contribution >= 0.6 is 11.3 Å². The fraction of sp³-hybridized carbons (Fsp3) is 0.556. The molecule has 4 N–H and O–H groups in total. The summed E-state index contributed by atoms with van der Waals surface area (Å²) in [4.78, 5) is 45.9. The first-order chi connectivity index (χ1) is 18.0. The van der Waals surface area contributed by atoms with E-state index in [0.29, 0.717) is 0 Å². The summed E-state index contributed by atoms with van der Waals surface area (Å²) in [5, 5.41) is 24.8. The van der Waals surface area contributed by atoms with Crippen LogP contribution in [0.5, 0.6) is 0 Å². The van der Waals surface area contributed by atoms with Crippen LogP contribution in [0.2, 0.25) is 0 Å². The Labute approximate surface area is 227 Å². The van der Waals surface area contributed by atoms with Gasteiger partial charge in [0.1, 0.15) is 12.1 Å². The van der Waals surface area contributed by atoms with Crippen molar-refractivity contribution in [3.63, 3.8) is 0 Å². The first kappa shape index (κ1) is 29.7. The second-order valence-corrected chi connectivity index (χ2v) is 11.4. The van der Waals surface area contributed by atoms with Gasteiger partial charge in [-0.15, -0.1) is 11.3 Å². The van der Waals surface area contributed by atoms with Crippen molar-refractivity contribution in [1.82, 2.24) is 20.5 Å². The summed E-state index contributed by atoms with van der Waals surface area (Å²) >= 11 is 1.58. The van der Waals surface area contributed by atoms with Crippen LogP contribution in [0.3, 0.4) is 0 Å². The van der Waals surface area contributed by atoms with Gasteiger partial charge in [-0.25, -0.2) is 4.98 Å². The molecular weight excluding hydrogens is 508 g/mol. The van der Waals surface area contributed by atoms with Gasteiger partial charge < -0.3 is 30.5 Å². The Morgan fingerprint density at radius 1 is 1.21 bits per heavy atom. The molecule has 1 aromatic heterocycles. The molecule has 11 heteroatoms. The van der Waals surface area contributed by atoms with Crippen LogP contribution in [-0.2, 0) is 25.7 Å². The Bertz CT molecular complexity index is 1100. The minimum Gasteiger partial charge on any atom is -0.394 e. The van der Waals surface area contributed by atoms with Crippen molar-refractivity contribution in [2.24, 2.45) is 5.41 Å².